The van der Waals surface area contributed by atoms with Crippen molar-refractivity contribution in [3.63, 3.8) is 0 Å². The van der Waals surface area contributed by atoms with Gasteiger partial charge < -0.3 is 9.52 Å². The van der Waals surface area contributed by atoms with Crippen molar-refractivity contribution < 1.29 is 18.7 Å². The van der Waals surface area contributed by atoms with E-state index >= 15 is 0 Å². The Bertz CT molecular complexity index is 629. The van der Waals surface area contributed by atoms with Crippen molar-refractivity contribution >= 4 is 5.97 Å². The van der Waals surface area contributed by atoms with E-state index in [1.165, 1.54) is 12.1 Å². The zero-order valence-electron chi connectivity index (χ0n) is 10.8. The van der Waals surface area contributed by atoms with Crippen molar-refractivity contribution in [3.8, 4) is 11.5 Å². The Labute approximate surface area is 109 Å². The van der Waals surface area contributed by atoms with Crippen LogP contribution in [0.25, 0.3) is 11.5 Å². The van der Waals surface area contributed by atoms with Gasteiger partial charge in [-0.2, -0.15) is 0 Å². The molecule has 1 aromatic carbocycles. The number of benzene rings is 1. The van der Waals surface area contributed by atoms with Crippen LogP contribution in [0.2, 0.25) is 0 Å². The summed E-state index contributed by atoms with van der Waals surface area (Å²) in [5, 5.41) is 16.4. The second-order valence-corrected chi connectivity index (χ2v) is 5.16. The molecule has 6 heteroatoms. The second kappa shape index (κ2) is 4.46. The van der Waals surface area contributed by atoms with Crippen LogP contribution in [0.4, 0.5) is 4.39 Å². The summed E-state index contributed by atoms with van der Waals surface area (Å²) in [5.41, 5.74) is -0.368. The molecule has 0 aliphatic heterocycles. The Balaban J connectivity index is 2.43. The largest absolute Gasteiger partial charge is 0.478 e. The van der Waals surface area contributed by atoms with Gasteiger partial charge in [-0.15, -0.1) is 10.2 Å². The van der Waals surface area contributed by atoms with Gasteiger partial charge in [-0.1, -0.05) is 20.8 Å². The van der Waals surface area contributed by atoms with Crippen LogP contribution in [0.3, 0.4) is 0 Å². The van der Waals surface area contributed by atoms with E-state index in [0.717, 1.165) is 6.07 Å². The topological polar surface area (TPSA) is 76.2 Å². The minimum atomic E-state index is -1.19. The molecule has 0 aliphatic carbocycles. The molecule has 0 radical (unpaired) electrons. The van der Waals surface area contributed by atoms with E-state index in [4.69, 9.17) is 9.52 Å². The molecule has 2 aromatic rings. The third-order valence-electron chi connectivity index (χ3n) is 2.51. The lowest BCUT2D eigenvalue weighted by Gasteiger charge is -2.11. The summed E-state index contributed by atoms with van der Waals surface area (Å²) >= 11 is 0. The fraction of sp³-hybridized carbons (Fsp3) is 0.308. The fourth-order valence-electron chi connectivity index (χ4n) is 1.46. The highest BCUT2D eigenvalue weighted by Crippen LogP contribution is 2.27. The van der Waals surface area contributed by atoms with Gasteiger partial charge in [0.1, 0.15) is 5.82 Å². The quantitative estimate of drug-likeness (QED) is 0.902. The van der Waals surface area contributed by atoms with Crippen molar-refractivity contribution in [2.24, 2.45) is 0 Å². The van der Waals surface area contributed by atoms with Gasteiger partial charge in [0.25, 0.3) is 5.89 Å². The minimum Gasteiger partial charge on any atom is -0.478 e. The number of nitrogens with zero attached hydrogens (tertiary/aromatic N) is 2. The molecule has 0 saturated carbocycles. The van der Waals surface area contributed by atoms with Crippen LogP contribution >= 0.6 is 0 Å². The Morgan fingerprint density at radius 3 is 2.47 bits per heavy atom. The predicted octanol–water partition coefficient (Wildman–Crippen LogP) is 2.87. The third kappa shape index (κ3) is 2.62. The van der Waals surface area contributed by atoms with Gasteiger partial charge in [-0.05, 0) is 18.2 Å². The Morgan fingerprint density at radius 1 is 1.32 bits per heavy atom. The van der Waals surface area contributed by atoms with Gasteiger partial charge in [0.2, 0.25) is 5.89 Å². The lowest BCUT2D eigenvalue weighted by atomic mass is 9.97. The van der Waals surface area contributed by atoms with Gasteiger partial charge in [-0.3, -0.25) is 0 Å². The summed E-state index contributed by atoms with van der Waals surface area (Å²) in [4.78, 5) is 10.7. The summed E-state index contributed by atoms with van der Waals surface area (Å²) in [6, 6.07) is 3.54. The third-order valence-corrected chi connectivity index (χ3v) is 2.51. The lowest BCUT2D eigenvalue weighted by molar-refractivity contribution is 0.0696. The Kier molecular flexibility index (Phi) is 3.09. The summed E-state index contributed by atoms with van der Waals surface area (Å²) in [7, 11) is 0. The van der Waals surface area contributed by atoms with Crippen molar-refractivity contribution in [1.29, 1.82) is 0 Å². The minimum absolute atomic E-state index is 0.0411. The first-order valence-corrected chi connectivity index (χ1v) is 5.66. The highest BCUT2D eigenvalue weighted by Gasteiger charge is 2.23. The van der Waals surface area contributed by atoms with Crippen LogP contribution in [0, 0.1) is 5.82 Å². The van der Waals surface area contributed by atoms with E-state index in [-0.39, 0.29) is 22.4 Å². The number of hydrogen-bond acceptors (Lipinski definition) is 4. The van der Waals surface area contributed by atoms with Gasteiger partial charge in [0.15, 0.2) is 0 Å². The molecular formula is C13H13FN2O3. The van der Waals surface area contributed by atoms with Gasteiger partial charge in [-0.25, -0.2) is 9.18 Å². The van der Waals surface area contributed by atoms with Crippen LogP contribution in [-0.2, 0) is 5.41 Å². The molecule has 0 atom stereocenters. The molecule has 19 heavy (non-hydrogen) atoms. The van der Waals surface area contributed by atoms with E-state index in [0.29, 0.717) is 5.89 Å². The summed E-state index contributed by atoms with van der Waals surface area (Å²) in [6.45, 7) is 5.69. The van der Waals surface area contributed by atoms with Gasteiger partial charge in [0, 0.05) is 5.41 Å². The van der Waals surface area contributed by atoms with Crippen molar-refractivity contribution in [1.82, 2.24) is 10.2 Å². The molecule has 0 bridgehead atoms. The highest BCUT2D eigenvalue weighted by molar-refractivity contribution is 5.88. The number of carboxylic acid groups (broad SMARTS) is 1. The summed E-state index contributed by atoms with van der Waals surface area (Å²) in [5.74, 6) is -1.46. The maximum Gasteiger partial charge on any atom is 0.335 e. The molecule has 100 valence electrons. The number of carboxylic acids is 1. The zero-order valence-corrected chi connectivity index (χ0v) is 10.8. The molecule has 0 unspecified atom stereocenters. The molecule has 1 heterocycles. The first-order valence-electron chi connectivity index (χ1n) is 5.66. The summed E-state index contributed by atoms with van der Waals surface area (Å²) < 4.78 is 19.2. The van der Waals surface area contributed by atoms with Crippen LogP contribution in [0.1, 0.15) is 37.0 Å². The number of aromatic carboxylic acids is 1. The molecule has 0 aliphatic rings. The lowest BCUT2D eigenvalue weighted by Crippen LogP contribution is -2.11. The van der Waals surface area contributed by atoms with Crippen molar-refractivity contribution in [2.45, 2.75) is 26.2 Å². The van der Waals surface area contributed by atoms with E-state index in [2.05, 4.69) is 10.2 Å². The maximum absolute atomic E-state index is 13.8. The predicted molar refractivity (Wildman–Crippen MR) is 65.4 cm³/mol. The number of halogens is 1. The van der Waals surface area contributed by atoms with E-state index in [1.807, 2.05) is 20.8 Å². The second-order valence-electron chi connectivity index (χ2n) is 5.16. The van der Waals surface area contributed by atoms with Crippen LogP contribution in [0.5, 0.6) is 0 Å². The average molecular weight is 264 g/mol. The molecule has 2 rings (SSSR count). The monoisotopic (exact) mass is 264 g/mol. The van der Waals surface area contributed by atoms with Crippen molar-refractivity contribution in [3.05, 3.63) is 35.5 Å². The SMILES string of the molecule is CC(C)(C)c1nnc(-c2ccc(C(=O)O)cc2F)o1. The number of aromatic nitrogens is 2. The van der Waals surface area contributed by atoms with Gasteiger partial charge in [0.05, 0.1) is 11.1 Å². The Hall–Kier alpha value is -2.24. The van der Waals surface area contributed by atoms with Crippen molar-refractivity contribution in [2.75, 3.05) is 0 Å². The number of rotatable bonds is 2. The Morgan fingerprint density at radius 2 is 2.00 bits per heavy atom. The molecule has 5 nitrogen and oxygen atoms in total. The molecule has 1 aromatic heterocycles. The van der Waals surface area contributed by atoms with E-state index in [9.17, 15) is 9.18 Å². The van der Waals surface area contributed by atoms with Gasteiger partial charge >= 0.3 is 5.97 Å². The van der Waals surface area contributed by atoms with Crippen LogP contribution in [-0.4, -0.2) is 21.3 Å². The molecule has 0 saturated heterocycles. The van der Waals surface area contributed by atoms with E-state index in [1.54, 1.807) is 0 Å². The number of carbonyl (C=O) groups is 1. The molecule has 0 amide bonds. The van der Waals surface area contributed by atoms with Crippen LogP contribution in [0.15, 0.2) is 22.6 Å². The summed E-state index contributed by atoms with van der Waals surface area (Å²) in [6.07, 6.45) is 0. The van der Waals surface area contributed by atoms with Crippen LogP contribution < -0.4 is 0 Å². The molecule has 0 spiro atoms. The molecule has 1 N–H and O–H groups in total. The van der Waals surface area contributed by atoms with E-state index < -0.39 is 11.8 Å². The highest BCUT2D eigenvalue weighted by atomic mass is 19.1. The first kappa shape index (κ1) is 13.2. The first-order chi connectivity index (χ1) is 8.79. The number of hydrogen-bond donors (Lipinski definition) is 1. The normalized spacial score (nSPS) is 11.6. The smallest absolute Gasteiger partial charge is 0.335 e. The molecule has 0 fully saturated rings. The average Bonchev–Trinajstić information content (AvgIpc) is 2.77. The zero-order chi connectivity index (χ0) is 14.2. The fourth-order valence-corrected chi connectivity index (χ4v) is 1.46. The molecular weight excluding hydrogens is 251 g/mol. The maximum atomic E-state index is 13.8. The standard InChI is InChI=1S/C13H13FN2O3/c1-13(2,3)12-16-15-10(19-12)8-5-4-7(11(17)18)6-9(8)14/h4-6H,1-3H3,(H,17,18).